The van der Waals surface area contributed by atoms with E-state index in [1.54, 1.807) is 11.3 Å². The van der Waals surface area contributed by atoms with Crippen molar-refractivity contribution in [1.29, 1.82) is 0 Å². The summed E-state index contributed by atoms with van der Waals surface area (Å²) in [6.45, 7) is 7.09. The Labute approximate surface area is 173 Å². The van der Waals surface area contributed by atoms with E-state index in [1.165, 1.54) is 22.7 Å². The van der Waals surface area contributed by atoms with Gasteiger partial charge in [-0.15, -0.1) is 11.3 Å². The number of benzene rings is 1. The second-order valence-corrected chi connectivity index (χ2v) is 9.19. The Balaban J connectivity index is 1.78. The van der Waals surface area contributed by atoms with Crippen molar-refractivity contribution < 1.29 is 9.59 Å². The molecule has 0 saturated heterocycles. The zero-order valence-electron chi connectivity index (χ0n) is 16.7. The predicted molar refractivity (Wildman–Crippen MR) is 116 cm³/mol. The Morgan fingerprint density at radius 2 is 2.10 bits per heavy atom. The number of imide groups is 1. The van der Waals surface area contributed by atoms with Gasteiger partial charge in [0.05, 0.1) is 23.6 Å². The van der Waals surface area contributed by atoms with Gasteiger partial charge in [0.15, 0.2) is 0 Å². The van der Waals surface area contributed by atoms with E-state index in [1.807, 2.05) is 11.4 Å². The molecule has 0 saturated carbocycles. The zero-order valence-corrected chi connectivity index (χ0v) is 17.5. The van der Waals surface area contributed by atoms with Crippen molar-refractivity contribution in [3.8, 4) is 0 Å². The van der Waals surface area contributed by atoms with E-state index >= 15 is 0 Å². The summed E-state index contributed by atoms with van der Waals surface area (Å²) in [4.78, 5) is 27.9. The first-order valence-corrected chi connectivity index (χ1v) is 10.8. The summed E-state index contributed by atoms with van der Waals surface area (Å²) in [5, 5.41) is 6.73. The molecule has 1 unspecified atom stereocenters. The number of rotatable bonds is 3. The molecule has 3 aromatic rings. The molecule has 2 aliphatic rings. The molecule has 2 aromatic heterocycles. The number of carbonyl (C=O) groups is 2. The lowest BCUT2D eigenvalue weighted by atomic mass is 9.89. The second-order valence-electron chi connectivity index (χ2n) is 8.21. The number of anilines is 1. The lowest BCUT2D eigenvalue weighted by Gasteiger charge is -2.18. The highest BCUT2D eigenvalue weighted by Gasteiger charge is 2.41. The Bertz CT molecular complexity index is 1170. The lowest BCUT2D eigenvalue weighted by Crippen LogP contribution is -2.33. The molecule has 1 N–H and O–H groups in total. The quantitative estimate of drug-likeness (QED) is 0.695. The number of amides is 2. The van der Waals surface area contributed by atoms with E-state index in [4.69, 9.17) is 0 Å². The molecule has 2 amide bonds. The second kappa shape index (κ2) is 6.59. The molecule has 0 fully saturated rings. The minimum absolute atomic E-state index is 0.172. The number of thiophene rings is 1. The maximum absolute atomic E-state index is 13.3. The molecule has 0 radical (unpaired) electrons. The number of hydrogen-bond acceptors (Lipinski definition) is 4. The summed E-state index contributed by atoms with van der Waals surface area (Å²) in [6.07, 6.45) is 2.21. The van der Waals surface area contributed by atoms with Gasteiger partial charge in [-0.3, -0.25) is 14.5 Å². The minimum atomic E-state index is -0.217. The molecule has 5 rings (SSSR count). The molecule has 1 aromatic carbocycles. The van der Waals surface area contributed by atoms with Gasteiger partial charge < -0.3 is 9.88 Å². The van der Waals surface area contributed by atoms with Crippen molar-refractivity contribution in [3.63, 3.8) is 0 Å². The minimum Gasteiger partial charge on any atom is -0.356 e. The van der Waals surface area contributed by atoms with Crippen LogP contribution in [0.15, 0.2) is 53.2 Å². The number of nitrogens with zero attached hydrogens (tertiary/aromatic N) is 2. The molecular formula is C23H23N3O2S. The molecule has 4 heterocycles. The monoisotopic (exact) mass is 405 g/mol. The summed E-state index contributed by atoms with van der Waals surface area (Å²) < 4.78 is 2.30. The normalized spacial score (nSPS) is 18.4. The van der Waals surface area contributed by atoms with E-state index in [-0.39, 0.29) is 17.7 Å². The van der Waals surface area contributed by atoms with E-state index in [0.717, 1.165) is 28.4 Å². The largest absolute Gasteiger partial charge is 0.356 e. The number of nitrogens with one attached hydrogen (secondary N) is 1. The van der Waals surface area contributed by atoms with Crippen LogP contribution in [-0.2, 0) is 16.1 Å². The van der Waals surface area contributed by atoms with Crippen molar-refractivity contribution >= 4 is 39.7 Å². The van der Waals surface area contributed by atoms with Gasteiger partial charge >= 0.3 is 0 Å². The molecule has 1 atom stereocenters. The maximum Gasteiger partial charge on any atom is 0.259 e. The van der Waals surface area contributed by atoms with Crippen LogP contribution in [-0.4, -0.2) is 27.8 Å². The first-order valence-electron chi connectivity index (χ1n) is 9.93. The molecule has 29 heavy (non-hydrogen) atoms. The summed E-state index contributed by atoms with van der Waals surface area (Å²) in [5.41, 5.74) is 4.85. The third-order valence-corrected chi connectivity index (χ3v) is 6.64. The predicted octanol–water partition coefficient (Wildman–Crippen LogP) is 4.56. The summed E-state index contributed by atoms with van der Waals surface area (Å²) in [6, 6.07) is 10.4. The van der Waals surface area contributed by atoms with Crippen LogP contribution in [0.4, 0.5) is 5.69 Å². The molecule has 0 spiro atoms. The fourth-order valence-electron chi connectivity index (χ4n) is 4.57. The van der Waals surface area contributed by atoms with Crippen LogP contribution in [0.3, 0.4) is 0 Å². The fourth-order valence-corrected chi connectivity index (χ4v) is 5.42. The van der Waals surface area contributed by atoms with E-state index < -0.39 is 0 Å². The number of aromatic nitrogens is 1. The summed E-state index contributed by atoms with van der Waals surface area (Å²) in [7, 11) is 0. The fraction of sp³-hybridized carbons (Fsp3) is 0.304. The SMILES string of the molecule is CC(=O)N1CC2=C(C1=O)C(c1cccs1)c1cn(CC(C)C)c3cccc(c13)N2. The van der Waals surface area contributed by atoms with Crippen LogP contribution in [0.1, 0.15) is 37.1 Å². The molecule has 0 bridgehead atoms. The van der Waals surface area contributed by atoms with Crippen LogP contribution in [0.5, 0.6) is 0 Å². The van der Waals surface area contributed by atoms with E-state index in [0.29, 0.717) is 18.0 Å². The van der Waals surface area contributed by atoms with Crippen LogP contribution >= 0.6 is 11.3 Å². The highest BCUT2D eigenvalue weighted by Crippen LogP contribution is 2.47. The molecule has 148 valence electrons. The van der Waals surface area contributed by atoms with Crippen LogP contribution in [0, 0.1) is 5.92 Å². The van der Waals surface area contributed by atoms with Gasteiger partial charge in [-0.05, 0) is 35.1 Å². The molecule has 6 heteroatoms. The van der Waals surface area contributed by atoms with Crippen molar-refractivity contribution in [2.75, 3.05) is 11.9 Å². The first-order chi connectivity index (χ1) is 14.0. The van der Waals surface area contributed by atoms with Crippen LogP contribution in [0.25, 0.3) is 10.9 Å². The van der Waals surface area contributed by atoms with Gasteiger partial charge in [0, 0.05) is 41.3 Å². The van der Waals surface area contributed by atoms with E-state index in [2.05, 4.69) is 54.2 Å². The maximum atomic E-state index is 13.3. The smallest absolute Gasteiger partial charge is 0.259 e. The number of carbonyl (C=O) groups excluding carboxylic acids is 2. The Kier molecular flexibility index (Phi) is 4.13. The van der Waals surface area contributed by atoms with E-state index in [9.17, 15) is 9.59 Å². The average Bonchev–Trinajstić information content (AvgIpc) is 3.36. The average molecular weight is 406 g/mol. The van der Waals surface area contributed by atoms with Crippen LogP contribution < -0.4 is 5.32 Å². The van der Waals surface area contributed by atoms with Crippen molar-refractivity contribution in [3.05, 3.63) is 63.6 Å². The first kappa shape index (κ1) is 18.2. The Morgan fingerprint density at radius 3 is 2.79 bits per heavy atom. The zero-order chi connectivity index (χ0) is 20.3. The summed E-state index contributed by atoms with van der Waals surface area (Å²) in [5.74, 6) is -0.0650. The highest BCUT2D eigenvalue weighted by molar-refractivity contribution is 7.10. The van der Waals surface area contributed by atoms with Crippen molar-refractivity contribution in [2.24, 2.45) is 5.92 Å². The molecule has 5 nitrogen and oxygen atoms in total. The third-order valence-electron chi connectivity index (χ3n) is 5.71. The van der Waals surface area contributed by atoms with Gasteiger partial charge in [0.1, 0.15) is 0 Å². The lowest BCUT2D eigenvalue weighted by molar-refractivity contribution is -0.139. The van der Waals surface area contributed by atoms with Gasteiger partial charge in [0.2, 0.25) is 5.91 Å². The van der Waals surface area contributed by atoms with Crippen molar-refractivity contribution in [1.82, 2.24) is 9.47 Å². The highest BCUT2D eigenvalue weighted by atomic mass is 32.1. The summed E-state index contributed by atoms with van der Waals surface area (Å²) >= 11 is 1.65. The van der Waals surface area contributed by atoms with Gasteiger partial charge in [0.25, 0.3) is 5.91 Å². The molecule has 0 aliphatic carbocycles. The molecular weight excluding hydrogens is 382 g/mol. The topological polar surface area (TPSA) is 54.3 Å². The third kappa shape index (κ3) is 2.74. The molecule has 2 aliphatic heterocycles. The van der Waals surface area contributed by atoms with Crippen molar-refractivity contribution in [2.45, 2.75) is 33.2 Å². The van der Waals surface area contributed by atoms with Gasteiger partial charge in [-0.1, -0.05) is 26.0 Å². The number of hydrogen-bond donors (Lipinski definition) is 1. The van der Waals surface area contributed by atoms with Gasteiger partial charge in [-0.25, -0.2) is 0 Å². The Hall–Kier alpha value is -2.86. The Morgan fingerprint density at radius 1 is 1.28 bits per heavy atom. The standard InChI is InChI=1S/C23H23N3O2S/c1-13(2)10-25-11-15-20-16(6-4-7-18(20)25)24-17-12-26(14(3)27)23(28)22(17)21(15)19-8-5-9-29-19/h4-9,11,13,21,24H,10,12H2,1-3H3. The van der Waals surface area contributed by atoms with Crippen LogP contribution in [0.2, 0.25) is 0 Å². The van der Waals surface area contributed by atoms with Gasteiger partial charge in [-0.2, -0.15) is 0 Å².